The van der Waals surface area contributed by atoms with Crippen LogP contribution in [0.2, 0.25) is 0 Å². The molecule has 1 aliphatic carbocycles. The number of nitrogens with zero attached hydrogens (tertiary/aromatic N) is 1. The zero-order valence-electron chi connectivity index (χ0n) is 12.0. The van der Waals surface area contributed by atoms with Crippen molar-refractivity contribution in [3.8, 4) is 16.9 Å². The van der Waals surface area contributed by atoms with E-state index in [4.69, 9.17) is 9.26 Å². The molecule has 0 amide bonds. The highest BCUT2D eigenvalue weighted by molar-refractivity contribution is 5.68. The van der Waals surface area contributed by atoms with Crippen molar-refractivity contribution in [2.45, 2.75) is 33.1 Å². The topological polar surface area (TPSA) is 35.3 Å². The molecule has 1 aromatic carbocycles. The minimum atomic E-state index is 0.713. The van der Waals surface area contributed by atoms with Gasteiger partial charge < -0.3 is 9.26 Å². The van der Waals surface area contributed by atoms with Gasteiger partial charge in [0.05, 0.1) is 5.69 Å². The normalized spacial score (nSPS) is 14.4. The maximum Gasteiger partial charge on any atom is 0.141 e. The van der Waals surface area contributed by atoms with Gasteiger partial charge in [0.1, 0.15) is 18.1 Å². The summed E-state index contributed by atoms with van der Waals surface area (Å²) in [7, 11) is 0. The number of aromatic nitrogens is 1. The smallest absolute Gasteiger partial charge is 0.141 e. The molecule has 0 fully saturated rings. The Labute approximate surface area is 119 Å². The first kappa shape index (κ1) is 13.0. The van der Waals surface area contributed by atoms with E-state index in [0.29, 0.717) is 6.61 Å². The fraction of sp³-hybridized carbons (Fsp3) is 0.353. The Balaban J connectivity index is 1.71. The molecule has 0 N–H and O–H groups in total. The molecule has 1 heterocycles. The molecule has 0 spiro atoms. The predicted octanol–water partition coefficient (Wildman–Crippen LogP) is 4.45. The Morgan fingerprint density at radius 2 is 2.00 bits per heavy atom. The average Bonchev–Trinajstić information content (AvgIpc) is 3.08. The van der Waals surface area contributed by atoms with Crippen molar-refractivity contribution in [3.05, 3.63) is 47.4 Å². The minimum absolute atomic E-state index is 0.713. The van der Waals surface area contributed by atoms with Crippen LogP contribution in [0.1, 0.15) is 30.7 Å². The van der Waals surface area contributed by atoms with E-state index in [1.807, 2.05) is 26.0 Å². The fourth-order valence-electron chi connectivity index (χ4n) is 2.66. The van der Waals surface area contributed by atoms with Crippen molar-refractivity contribution in [1.82, 2.24) is 5.16 Å². The number of aryl methyl sites for hydroxylation is 2. The second-order valence-electron chi connectivity index (χ2n) is 5.27. The van der Waals surface area contributed by atoms with Gasteiger partial charge in [-0.3, -0.25) is 0 Å². The van der Waals surface area contributed by atoms with E-state index in [9.17, 15) is 0 Å². The number of allylic oxidation sites excluding steroid dienone is 1. The Kier molecular flexibility index (Phi) is 3.59. The molecule has 3 nitrogen and oxygen atoms in total. The molecule has 1 aliphatic rings. The van der Waals surface area contributed by atoms with Gasteiger partial charge in [0.25, 0.3) is 0 Å². The first-order chi connectivity index (χ1) is 9.74. The van der Waals surface area contributed by atoms with Gasteiger partial charge in [-0.05, 0) is 56.4 Å². The number of hydrogen-bond donors (Lipinski definition) is 0. The quantitative estimate of drug-likeness (QED) is 0.769. The molecule has 0 unspecified atom stereocenters. The van der Waals surface area contributed by atoms with Crippen LogP contribution in [-0.2, 0) is 0 Å². The van der Waals surface area contributed by atoms with Gasteiger partial charge in [-0.1, -0.05) is 23.4 Å². The highest BCUT2D eigenvalue weighted by Crippen LogP contribution is 2.28. The third kappa shape index (κ3) is 2.62. The molecule has 20 heavy (non-hydrogen) atoms. The zero-order valence-corrected chi connectivity index (χ0v) is 12.0. The third-order valence-electron chi connectivity index (χ3n) is 3.74. The summed E-state index contributed by atoms with van der Waals surface area (Å²) < 4.78 is 11.0. The van der Waals surface area contributed by atoms with E-state index in [2.05, 4.69) is 23.4 Å². The molecule has 0 saturated heterocycles. The molecule has 3 rings (SSSR count). The van der Waals surface area contributed by atoms with Gasteiger partial charge in [-0.25, -0.2) is 0 Å². The van der Waals surface area contributed by atoms with Crippen LogP contribution in [0.3, 0.4) is 0 Å². The Hall–Kier alpha value is -2.03. The Bertz CT molecular complexity index is 603. The van der Waals surface area contributed by atoms with Crippen LogP contribution in [0.15, 0.2) is 40.4 Å². The average molecular weight is 269 g/mol. The molecular weight excluding hydrogens is 250 g/mol. The molecule has 0 atom stereocenters. The lowest BCUT2D eigenvalue weighted by Crippen LogP contribution is -1.99. The van der Waals surface area contributed by atoms with Crippen LogP contribution in [0.25, 0.3) is 11.1 Å². The lowest BCUT2D eigenvalue weighted by Gasteiger charge is -2.08. The third-order valence-corrected chi connectivity index (χ3v) is 3.74. The molecule has 0 aliphatic heterocycles. The summed E-state index contributed by atoms with van der Waals surface area (Å²) in [6, 6.07) is 8.14. The van der Waals surface area contributed by atoms with E-state index in [1.165, 1.54) is 24.8 Å². The summed E-state index contributed by atoms with van der Waals surface area (Å²) in [5.74, 6) is 1.76. The molecular formula is C17H19NO2. The van der Waals surface area contributed by atoms with Gasteiger partial charge in [-0.15, -0.1) is 0 Å². The van der Waals surface area contributed by atoms with Gasteiger partial charge in [0.15, 0.2) is 0 Å². The first-order valence-electron chi connectivity index (χ1n) is 7.08. The Morgan fingerprint density at radius 3 is 2.60 bits per heavy atom. The molecule has 1 aromatic heterocycles. The molecule has 104 valence electrons. The van der Waals surface area contributed by atoms with Crippen molar-refractivity contribution in [1.29, 1.82) is 0 Å². The van der Waals surface area contributed by atoms with Crippen molar-refractivity contribution in [3.63, 3.8) is 0 Å². The van der Waals surface area contributed by atoms with Gasteiger partial charge in [-0.2, -0.15) is 0 Å². The maximum atomic E-state index is 5.82. The standard InChI is InChI=1S/C17H19NO2/c1-12-17(13(2)20-18-12)15-7-9-16(10-8-15)19-11-14-5-3-4-6-14/h5,7-10H,3-4,6,11H2,1-2H3. The van der Waals surface area contributed by atoms with Gasteiger partial charge >= 0.3 is 0 Å². The molecule has 3 heteroatoms. The van der Waals surface area contributed by atoms with Crippen molar-refractivity contribution in [2.75, 3.05) is 6.61 Å². The van der Waals surface area contributed by atoms with Crippen LogP contribution in [-0.4, -0.2) is 11.8 Å². The van der Waals surface area contributed by atoms with Gasteiger partial charge in [0, 0.05) is 5.56 Å². The number of rotatable bonds is 4. The monoisotopic (exact) mass is 269 g/mol. The van der Waals surface area contributed by atoms with Crippen LogP contribution in [0.4, 0.5) is 0 Å². The van der Waals surface area contributed by atoms with E-state index in [1.54, 1.807) is 0 Å². The van der Waals surface area contributed by atoms with E-state index < -0.39 is 0 Å². The molecule has 0 saturated carbocycles. The predicted molar refractivity (Wildman–Crippen MR) is 78.8 cm³/mol. The van der Waals surface area contributed by atoms with Gasteiger partial charge in [0.2, 0.25) is 0 Å². The SMILES string of the molecule is Cc1noc(C)c1-c1ccc(OCC2=CCCC2)cc1. The molecule has 2 aromatic rings. The lowest BCUT2D eigenvalue weighted by molar-refractivity contribution is 0.349. The maximum absolute atomic E-state index is 5.82. The minimum Gasteiger partial charge on any atom is -0.489 e. The summed E-state index contributed by atoms with van der Waals surface area (Å²) >= 11 is 0. The summed E-state index contributed by atoms with van der Waals surface area (Å²) in [4.78, 5) is 0. The van der Waals surface area contributed by atoms with Crippen LogP contribution in [0, 0.1) is 13.8 Å². The van der Waals surface area contributed by atoms with Crippen molar-refractivity contribution < 1.29 is 9.26 Å². The molecule has 0 bridgehead atoms. The lowest BCUT2D eigenvalue weighted by atomic mass is 10.0. The Morgan fingerprint density at radius 1 is 1.20 bits per heavy atom. The van der Waals surface area contributed by atoms with Crippen LogP contribution >= 0.6 is 0 Å². The van der Waals surface area contributed by atoms with E-state index in [-0.39, 0.29) is 0 Å². The first-order valence-corrected chi connectivity index (χ1v) is 7.08. The van der Waals surface area contributed by atoms with E-state index >= 15 is 0 Å². The summed E-state index contributed by atoms with van der Waals surface area (Å²) in [6.07, 6.45) is 5.93. The fourth-order valence-corrected chi connectivity index (χ4v) is 2.66. The summed E-state index contributed by atoms with van der Waals surface area (Å²) in [6.45, 7) is 4.61. The van der Waals surface area contributed by atoms with Crippen molar-refractivity contribution in [2.24, 2.45) is 0 Å². The van der Waals surface area contributed by atoms with Crippen LogP contribution in [0.5, 0.6) is 5.75 Å². The molecule has 0 radical (unpaired) electrons. The second-order valence-corrected chi connectivity index (χ2v) is 5.27. The number of hydrogen-bond acceptors (Lipinski definition) is 3. The number of benzene rings is 1. The van der Waals surface area contributed by atoms with Crippen LogP contribution < -0.4 is 4.74 Å². The summed E-state index contributed by atoms with van der Waals surface area (Å²) in [5, 5.41) is 3.99. The highest BCUT2D eigenvalue weighted by atomic mass is 16.5. The van der Waals surface area contributed by atoms with E-state index in [0.717, 1.165) is 28.3 Å². The van der Waals surface area contributed by atoms with Crippen molar-refractivity contribution >= 4 is 0 Å². The largest absolute Gasteiger partial charge is 0.489 e. The summed E-state index contributed by atoms with van der Waals surface area (Å²) in [5.41, 5.74) is 4.54. The zero-order chi connectivity index (χ0) is 13.9. The number of ether oxygens (including phenoxy) is 1. The highest BCUT2D eigenvalue weighted by Gasteiger charge is 2.11. The second kappa shape index (κ2) is 5.53.